The minimum Gasteiger partial charge on any atom is -0.380 e. The molecule has 182 valence electrons. The summed E-state index contributed by atoms with van der Waals surface area (Å²) in [4.78, 5) is 6.58. The summed E-state index contributed by atoms with van der Waals surface area (Å²) in [6.07, 6.45) is 4.40. The standard InChI is InChI=1S/C27H35N3O3S/c1-20(2)22-7-9-23(10-8-22)27(31,25(3)18-30(6)19-25)24-15-21(16-28-17-24)11-12-26(13-14-26)34(32,33)29(4)5/h7-10,15-17,20,31H,13-14,18-19H2,1-6H3. The molecule has 34 heavy (non-hydrogen) atoms. The molecule has 0 spiro atoms. The highest BCUT2D eigenvalue weighted by atomic mass is 32.2. The number of nitrogens with zero attached hydrogens (tertiary/aromatic N) is 3. The fourth-order valence-electron chi connectivity index (χ4n) is 5.15. The first-order chi connectivity index (χ1) is 15.8. The molecule has 1 unspecified atom stereocenters. The number of likely N-dealkylation sites (tertiary alicyclic amines) is 1. The van der Waals surface area contributed by atoms with Gasteiger partial charge in [0.25, 0.3) is 0 Å². The molecule has 0 bridgehead atoms. The predicted octanol–water partition coefficient (Wildman–Crippen LogP) is 3.17. The van der Waals surface area contributed by atoms with Crippen LogP contribution in [-0.2, 0) is 15.6 Å². The average Bonchev–Trinajstić information content (AvgIpc) is 3.58. The van der Waals surface area contributed by atoms with E-state index in [4.69, 9.17) is 0 Å². The monoisotopic (exact) mass is 481 g/mol. The summed E-state index contributed by atoms with van der Waals surface area (Å²) in [5.41, 5.74) is 1.66. The zero-order valence-corrected chi connectivity index (χ0v) is 21.8. The lowest BCUT2D eigenvalue weighted by Crippen LogP contribution is -2.63. The van der Waals surface area contributed by atoms with E-state index in [1.165, 1.54) is 9.87 Å². The lowest BCUT2D eigenvalue weighted by Gasteiger charge is -2.55. The molecule has 1 saturated heterocycles. The zero-order valence-electron chi connectivity index (χ0n) is 21.0. The number of aromatic nitrogens is 1. The first-order valence-electron chi connectivity index (χ1n) is 11.8. The number of aliphatic hydroxyl groups is 1. The third-order valence-electron chi connectivity index (χ3n) is 7.38. The molecule has 7 heteroatoms. The molecule has 1 atom stereocenters. The van der Waals surface area contributed by atoms with Gasteiger partial charge in [0.2, 0.25) is 10.0 Å². The largest absolute Gasteiger partial charge is 0.380 e. The summed E-state index contributed by atoms with van der Waals surface area (Å²) in [7, 11) is 1.66. The molecule has 2 fully saturated rings. The van der Waals surface area contributed by atoms with E-state index in [0.29, 0.717) is 29.9 Å². The van der Waals surface area contributed by atoms with Crippen LogP contribution in [0.25, 0.3) is 0 Å². The molecule has 6 nitrogen and oxygen atoms in total. The highest BCUT2D eigenvalue weighted by molar-refractivity contribution is 7.91. The fourth-order valence-corrected chi connectivity index (χ4v) is 6.65. The van der Waals surface area contributed by atoms with Crippen molar-refractivity contribution in [2.75, 3.05) is 34.2 Å². The Morgan fingerprint density at radius 1 is 1.12 bits per heavy atom. The van der Waals surface area contributed by atoms with Gasteiger partial charge in [-0.1, -0.05) is 56.9 Å². The van der Waals surface area contributed by atoms with E-state index in [-0.39, 0.29) is 0 Å². The van der Waals surface area contributed by atoms with Crippen molar-refractivity contribution in [3.05, 3.63) is 65.0 Å². The third kappa shape index (κ3) is 3.97. The number of benzene rings is 1. The van der Waals surface area contributed by atoms with Gasteiger partial charge in [0.15, 0.2) is 0 Å². The Morgan fingerprint density at radius 2 is 1.74 bits per heavy atom. The summed E-state index contributed by atoms with van der Waals surface area (Å²) in [5.74, 6) is 6.47. The topological polar surface area (TPSA) is 73.7 Å². The molecule has 2 heterocycles. The molecule has 1 aliphatic heterocycles. The Morgan fingerprint density at radius 3 is 2.24 bits per heavy atom. The van der Waals surface area contributed by atoms with Gasteiger partial charge in [0.05, 0.1) is 0 Å². The second-order valence-corrected chi connectivity index (χ2v) is 13.2. The first kappa shape index (κ1) is 24.9. The lowest BCUT2D eigenvalue weighted by atomic mass is 9.62. The number of hydrogen-bond donors (Lipinski definition) is 1. The van der Waals surface area contributed by atoms with Gasteiger partial charge in [0, 0.05) is 56.1 Å². The molecule has 2 aromatic rings. The maximum Gasteiger partial charge on any atom is 0.230 e. The fraction of sp³-hybridized carbons (Fsp3) is 0.519. The van der Waals surface area contributed by atoms with Gasteiger partial charge in [-0.25, -0.2) is 12.7 Å². The van der Waals surface area contributed by atoms with Gasteiger partial charge < -0.3 is 10.0 Å². The molecule has 0 radical (unpaired) electrons. The maximum absolute atomic E-state index is 12.7. The van der Waals surface area contributed by atoms with Gasteiger partial charge in [-0.15, -0.1) is 0 Å². The summed E-state index contributed by atoms with van der Waals surface area (Å²) >= 11 is 0. The van der Waals surface area contributed by atoms with E-state index >= 15 is 0 Å². The van der Waals surface area contributed by atoms with Crippen molar-refractivity contribution in [3.8, 4) is 11.8 Å². The van der Waals surface area contributed by atoms with Crippen LogP contribution < -0.4 is 0 Å². The van der Waals surface area contributed by atoms with Crippen molar-refractivity contribution < 1.29 is 13.5 Å². The van der Waals surface area contributed by atoms with Crippen LogP contribution in [0.3, 0.4) is 0 Å². The van der Waals surface area contributed by atoms with E-state index < -0.39 is 25.8 Å². The van der Waals surface area contributed by atoms with Gasteiger partial charge >= 0.3 is 0 Å². The van der Waals surface area contributed by atoms with Crippen LogP contribution in [0.15, 0.2) is 42.7 Å². The molecule has 1 N–H and O–H groups in total. The quantitative estimate of drug-likeness (QED) is 0.642. The van der Waals surface area contributed by atoms with Crippen molar-refractivity contribution in [3.63, 3.8) is 0 Å². The van der Waals surface area contributed by atoms with Crippen LogP contribution in [0, 0.1) is 17.3 Å². The molecular formula is C27H35N3O3S. The minimum absolute atomic E-state index is 0.402. The van der Waals surface area contributed by atoms with Crippen LogP contribution in [0.2, 0.25) is 0 Å². The second kappa shape index (κ2) is 8.46. The Kier molecular flexibility index (Phi) is 6.19. The highest BCUT2D eigenvalue weighted by Crippen LogP contribution is 2.50. The van der Waals surface area contributed by atoms with Crippen molar-refractivity contribution in [2.24, 2.45) is 5.41 Å². The minimum atomic E-state index is -3.47. The molecule has 1 saturated carbocycles. The van der Waals surface area contributed by atoms with Crippen molar-refractivity contribution in [1.82, 2.24) is 14.2 Å². The van der Waals surface area contributed by atoms with E-state index in [2.05, 4.69) is 54.6 Å². The molecule has 1 aromatic heterocycles. The average molecular weight is 482 g/mol. The summed E-state index contributed by atoms with van der Waals surface area (Å²) < 4.78 is 25.6. The van der Waals surface area contributed by atoms with Crippen LogP contribution in [0.1, 0.15) is 61.8 Å². The van der Waals surface area contributed by atoms with E-state index in [0.717, 1.165) is 18.7 Å². The van der Waals surface area contributed by atoms with E-state index in [9.17, 15) is 13.5 Å². The van der Waals surface area contributed by atoms with Crippen LogP contribution in [-0.4, -0.2) is 66.7 Å². The zero-order chi connectivity index (χ0) is 24.9. The molecule has 1 aliphatic carbocycles. The molecule has 2 aliphatic rings. The number of hydrogen-bond acceptors (Lipinski definition) is 5. The highest BCUT2D eigenvalue weighted by Gasteiger charge is 2.56. The summed E-state index contributed by atoms with van der Waals surface area (Å²) in [6.45, 7) is 7.90. The first-order valence-corrected chi connectivity index (χ1v) is 13.2. The Balaban J connectivity index is 1.76. The Bertz CT molecular complexity index is 1230. The number of sulfonamides is 1. The number of pyridine rings is 1. The van der Waals surface area contributed by atoms with Crippen LogP contribution in [0.4, 0.5) is 0 Å². The smallest absolute Gasteiger partial charge is 0.230 e. The van der Waals surface area contributed by atoms with E-state index in [1.807, 2.05) is 25.2 Å². The summed E-state index contributed by atoms with van der Waals surface area (Å²) in [6, 6.07) is 10.0. The number of rotatable bonds is 6. The van der Waals surface area contributed by atoms with Crippen molar-refractivity contribution in [2.45, 2.75) is 49.9 Å². The lowest BCUT2D eigenvalue weighted by molar-refractivity contribution is -0.127. The van der Waals surface area contributed by atoms with Gasteiger partial charge in [-0.05, 0) is 43.0 Å². The Hall–Kier alpha value is -2.24. The Labute approximate surface area is 204 Å². The van der Waals surface area contributed by atoms with E-state index in [1.54, 1.807) is 26.5 Å². The van der Waals surface area contributed by atoms with Crippen LogP contribution in [0.5, 0.6) is 0 Å². The third-order valence-corrected chi connectivity index (χ3v) is 9.83. The van der Waals surface area contributed by atoms with Crippen LogP contribution >= 0.6 is 0 Å². The van der Waals surface area contributed by atoms with Gasteiger partial charge in [-0.3, -0.25) is 4.98 Å². The predicted molar refractivity (Wildman–Crippen MR) is 135 cm³/mol. The molecular weight excluding hydrogens is 446 g/mol. The van der Waals surface area contributed by atoms with Gasteiger partial charge in [-0.2, -0.15) is 0 Å². The normalized spacial score (nSPS) is 20.9. The SMILES string of the molecule is CC(C)c1ccc(C(O)(c2cncc(C#CC3(S(=O)(=O)N(C)C)CC3)c2)C2(C)CN(C)C2)cc1. The van der Waals surface area contributed by atoms with Crippen molar-refractivity contribution in [1.29, 1.82) is 0 Å². The molecule has 4 rings (SSSR count). The molecule has 1 aromatic carbocycles. The van der Waals surface area contributed by atoms with Crippen molar-refractivity contribution >= 4 is 10.0 Å². The summed E-state index contributed by atoms with van der Waals surface area (Å²) in [5, 5.41) is 12.3. The van der Waals surface area contributed by atoms with Gasteiger partial charge in [0.1, 0.15) is 10.3 Å². The molecule has 0 amide bonds. The second-order valence-electron chi connectivity index (χ2n) is 10.7. The maximum atomic E-state index is 12.7.